The van der Waals surface area contributed by atoms with Crippen LogP contribution in [0, 0.1) is 5.82 Å². The standard InChI is InChI=1S/C10H11ClFNO2/c1-6(10(14)15)13-5-7-2-3-8(11)4-9(7)12/h2-4,6,13H,5H2,1H3,(H,14,15)/t6-/m1/s1. The van der Waals surface area contributed by atoms with Crippen molar-refractivity contribution in [3.63, 3.8) is 0 Å². The minimum absolute atomic E-state index is 0.163. The Morgan fingerprint density at radius 3 is 2.87 bits per heavy atom. The first kappa shape index (κ1) is 11.9. The van der Waals surface area contributed by atoms with Gasteiger partial charge in [-0.15, -0.1) is 0 Å². The van der Waals surface area contributed by atoms with Crippen LogP contribution in [0.15, 0.2) is 18.2 Å². The largest absolute Gasteiger partial charge is 0.480 e. The van der Waals surface area contributed by atoms with Gasteiger partial charge >= 0.3 is 5.97 Å². The smallest absolute Gasteiger partial charge is 0.320 e. The molecule has 5 heteroatoms. The lowest BCUT2D eigenvalue weighted by Gasteiger charge is -2.09. The van der Waals surface area contributed by atoms with Crippen LogP contribution in [0.5, 0.6) is 0 Å². The number of aliphatic carboxylic acids is 1. The van der Waals surface area contributed by atoms with Crippen LogP contribution in [0.2, 0.25) is 5.02 Å². The Labute approximate surface area is 91.9 Å². The number of nitrogens with one attached hydrogen (secondary N) is 1. The average molecular weight is 232 g/mol. The average Bonchev–Trinajstić information content (AvgIpc) is 2.15. The molecule has 82 valence electrons. The van der Waals surface area contributed by atoms with Crippen LogP contribution in [0.25, 0.3) is 0 Å². The predicted molar refractivity (Wildman–Crippen MR) is 55.3 cm³/mol. The summed E-state index contributed by atoms with van der Waals surface area (Å²) in [5.41, 5.74) is 0.396. The highest BCUT2D eigenvalue weighted by Gasteiger charge is 2.10. The molecule has 2 N–H and O–H groups in total. The van der Waals surface area contributed by atoms with Gasteiger partial charge in [-0.25, -0.2) is 4.39 Å². The summed E-state index contributed by atoms with van der Waals surface area (Å²) in [5.74, 6) is -1.41. The van der Waals surface area contributed by atoms with E-state index in [0.717, 1.165) is 0 Å². The SMILES string of the molecule is C[C@@H](NCc1ccc(Cl)cc1F)C(=O)O. The molecule has 0 aliphatic heterocycles. The van der Waals surface area contributed by atoms with Gasteiger partial charge in [0.15, 0.2) is 0 Å². The van der Waals surface area contributed by atoms with E-state index in [1.54, 1.807) is 6.07 Å². The first-order valence-electron chi connectivity index (χ1n) is 4.41. The topological polar surface area (TPSA) is 49.3 Å². The van der Waals surface area contributed by atoms with Gasteiger partial charge in [0.25, 0.3) is 0 Å². The highest BCUT2D eigenvalue weighted by molar-refractivity contribution is 6.30. The van der Waals surface area contributed by atoms with Crippen molar-refractivity contribution in [2.24, 2.45) is 0 Å². The van der Waals surface area contributed by atoms with Crippen molar-refractivity contribution in [2.45, 2.75) is 19.5 Å². The van der Waals surface area contributed by atoms with E-state index in [4.69, 9.17) is 16.7 Å². The van der Waals surface area contributed by atoms with Gasteiger partial charge in [-0.05, 0) is 19.1 Å². The van der Waals surface area contributed by atoms with Gasteiger partial charge in [0.1, 0.15) is 11.9 Å². The van der Waals surface area contributed by atoms with Crippen LogP contribution in [-0.4, -0.2) is 17.1 Å². The normalized spacial score (nSPS) is 12.5. The molecule has 0 heterocycles. The summed E-state index contributed by atoms with van der Waals surface area (Å²) in [6.07, 6.45) is 0. The molecule has 0 radical (unpaired) electrons. The van der Waals surface area contributed by atoms with Crippen molar-refractivity contribution in [1.29, 1.82) is 0 Å². The number of carboxylic acids is 1. The molecular formula is C10H11ClFNO2. The molecule has 0 fully saturated rings. The van der Waals surface area contributed by atoms with Crippen molar-refractivity contribution in [3.05, 3.63) is 34.6 Å². The molecule has 0 saturated carbocycles. The molecule has 1 rings (SSSR count). The number of hydrogen-bond donors (Lipinski definition) is 2. The molecular weight excluding hydrogens is 221 g/mol. The maximum atomic E-state index is 13.2. The van der Waals surface area contributed by atoms with Gasteiger partial charge in [0, 0.05) is 17.1 Å². The van der Waals surface area contributed by atoms with E-state index in [2.05, 4.69) is 5.32 Å². The van der Waals surface area contributed by atoms with Crippen LogP contribution in [0.3, 0.4) is 0 Å². The zero-order valence-corrected chi connectivity index (χ0v) is 8.88. The lowest BCUT2D eigenvalue weighted by molar-refractivity contribution is -0.139. The molecule has 15 heavy (non-hydrogen) atoms. The van der Waals surface area contributed by atoms with Crippen LogP contribution in [0.4, 0.5) is 4.39 Å². The highest BCUT2D eigenvalue weighted by atomic mass is 35.5. The zero-order valence-electron chi connectivity index (χ0n) is 8.13. The first-order chi connectivity index (χ1) is 7.00. The van der Waals surface area contributed by atoms with Crippen molar-refractivity contribution in [1.82, 2.24) is 5.32 Å². The molecule has 3 nitrogen and oxygen atoms in total. The Morgan fingerprint density at radius 1 is 1.67 bits per heavy atom. The van der Waals surface area contributed by atoms with Crippen molar-refractivity contribution >= 4 is 17.6 Å². The Kier molecular flexibility index (Phi) is 4.05. The van der Waals surface area contributed by atoms with Crippen LogP contribution >= 0.6 is 11.6 Å². The summed E-state index contributed by atoms with van der Waals surface area (Å²) in [5, 5.41) is 11.6. The Hall–Kier alpha value is -1.13. The number of halogens is 2. The third-order valence-corrected chi connectivity index (χ3v) is 2.22. The summed E-state index contributed by atoms with van der Waals surface area (Å²) in [6.45, 7) is 1.66. The second kappa shape index (κ2) is 5.09. The number of carboxylic acid groups (broad SMARTS) is 1. The molecule has 0 amide bonds. The highest BCUT2D eigenvalue weighted by Crippen LogP contribution is 2.14. The second-order valence-corrected chi connectivity index (χ2v) is 3.61. The number of hydrogen-bond acceptors (Lipinski definition) is 2. The number of benzene rings is 1. The predicted octanol–water partition coefficient (Wildman–Crippen LogP) is 2.04. The molecule has 1 aromatic carbocycles. The first-order valence-corrected chi connectivity index (χ1v) is 4.78. The fourth-order valence-electron chi connectivity index (χ4n) is 1.02. The maximum absolute atomic E-state index is 13.2. The van der Waals surface area contributed by atoms with E-state index in [9.17, 15) is 9.18 Å². The van der Waals surface area contributed by atoms with Gasteiger partial charge in [0.05, 0.1) is 0 Å². The summed E-state index contributed by atoms with van der Waals surface area (Å²) in [7, 11) is 0. The molecule has 1 atom stereocenters. The molecule has 0 aliphatic rings. The minimum Gasteiger partial charge on any atom is -0.480 e. The van der Waals surface area contributed by atoms with E-state index in [0.29, 0.717) is 10.6 Å². The summed E-state index contributed by atoms with van der Waals surface area (Å²) < 4.78 is 13.2. The van der Waals surface area contributed by atoms with Crippen LogP contribution in [-0.2, 0) is 11.3 Å². The van der Waals surface area contributed by atoms with E-state index >= 15 is 0 Å². The Bertz CT molecular complexity index is 370. The quantitative estimate of drug-likeness (QED) is 0.834. The Morgan fingerprint density at radius 2 is 2.33 bits per heavy atom. The second-order valence-electron chi connectivity index (χ2n) is 3.18. The molecule has 0 saturated heterocycles. The van der Waals surface area contributed by atoms with Crippen LogP contribution in [0.1, 0.15) is 12.5 Å². The molecule has 0 spiro atoms. The van der Waals surface area contributed by atoms with E-state index in [-0.39, 0.29) is 6.54 Å². The molecule has 0 bridgehead atoms. The zero-order chi connectivity index (χ0) is 11.4. The fourth-order valence-corrected chi connectivity index (χ4v) is 1.17. The van der Waals surface area contributed by atoms with Gasteiger partial charge in [0.2, 0.25) is 0 Å². The van der Waals surface area contributed by atoms with E-state index < -0.39 is 17.8 Å². The Balaban J connectivity index is 2.62. The summed E-state index contributed by atoms with van der Waals surface area (Å²) in [6, 6.07) is 3.58. The number of carbonyl (C=O) groups is 1. The van der Waals surface area contributed by atoms with Crippen LogP contribution < -0.4 is 5.32 Å². The lowest BCUT2D eigenvalue weighted by Crippen LogP contribution is -2.33. The van der Waals surface area contributed by atoms with Gasteiger partial charge < -0.3 is 10.4 Å². The molecule has 0 unspecified atom stereocenters. The summed E-state index contributed by atoms with van der Waals surface area (Å²) in [4.78, 5) is 10.5. The van der Waals surface area contributed by atoms with E-state index in [1.807, 2.05) is 0 Å². The molecule has 0 aliphatic carbocycles. The lowest BCUT2D eigenvalue weighted by atomic mass is 10.2. The van der Waals surface area contributed by atoms with Crippen molar-refractivity contribution in [3.8, 4) is 0 Å². The van der Waals surface area contributed by atoms with Gasteiger partial charge in [-0.2, -0.15) is 0 Å². The van der Waals surface area contributed by atoms with Gasteiger partial charge in [-0.1, -0.05) is 17.7 Å². The molecule has 0 aromatic heterocycles. The third kappa shape index (κ3) is 3.49. The monoisotopic (exact) mass is 231 g/mol. The maximum Gasteiger partial charge on any atom is 0.320 e. The van der Waals surface area contributed by atoms with Crippen molar-refractivity contribution < 1.29 is 14.3 Å². The van der Waals surface area contributed by atoms with E-state index in [1.165, 1.54) is 19.1 Å². The fraction of sp³-hybridized carbons (Fsp3) is 0.300. The summed E-state index contributed by atoms with van der Waals surface area (Å²) >= 11 is 5.58. The molecule has 1 aromatic rings. The third-order valence-electron chi connectivity index (χ3n) is 1.98. The number of rotatable bonds is 4. The minimum atomic E-state index is -0.968. The van der Waals surface area contributed by atoms with Gasteiger partial charge in [-0.3, -0.25) is 4.79 Å². The van der Waals surface area contributed by atoms with Crippen molar-refractivity contribution in [2.75, 3.05) is 0 Å².